The predicted molar refractivity (Wildman–Crippen MR) is 124 cm³/mol. The Balaban J connectivity index is 1.89. The van der Waals surface area contributed by atoms with Gasteiger partial charge in [-0.25, -0.2) is 0 Å². The summed E-state index contributed by atoms with van der Waals surface area (Å²) in [6, 6.07) is 15.1. The summed E-state index contributed by atoms with van der Waals surface area (Å²) in [6.45, 7) is 18.1. The van der Waals surface area contributed by atoms with E-state index in [0.717, 1.165) is 12.0 Å². The van der Waals surface area contributed by atoms with E-state index in [9.17, 15) is 0 Å². The van der Waals surface area contributed by atoms with Gasteiger partial charge in [0.15, 0.2) is 0 Å². The number of hydrogen-bond donors (Lipinski definition) is 1. The molecule has 0 saturated carbocycles. The van der Waals surface area contributed by atoms with Gasteiger partial charge in [0.2, 0.25) is 0 Å². The summed E-state index contributed by atoms with van der Waals surface area (Å²) in [5.74, 6) is 0.934. The quantitative estimate of drug-likeness (QED) is 0.625. The summed E-state index contributed by atoms with van der Waals surface area (Å²) in [6.07, 6.45) is 0. The van der Waals surface area contributed by atoms with Crippen LogP contribution in [0.5, 0.6) is 0 Å². The van der Waals surface area contributed by atoms with Gasteiger partial charge >= 0.3 is 7.12 Å². The number of para-hydroxylation sites is 1. The molecular formula is C25H36BNO2. The van der Waals surface area contributed by atoms with Crippen molar-refractivity contribution in [1.29, 1.82) is 0 Å². The van der Waals surface area contributed by atoms with Crippen LogP contribution in [0.1, 0.15) is 83.9 Å². The molecule has 1 fully saturated rings. The summed E-state index contributed by atoms with van der Waals surface area (Å²) < 4.78 is 12.6. The molecular weight excluding hydrogens is 357 g/mol. The van der Waals surface area contributed by atoms with Gasteiger partial charge in [0.1, 0.15) is 0 Å². The predicted octanol–water partition coefficient (Wildman–Crippen LogP) is 5.84. The van der Waals surface area contributed by atoms with Gasteiger partial charge in [0, 0.05) is 12.2 Å². The van der Waals surface area contributed by atoms with Gasteiger partial charge < -0.3 is 14.6 Å². The highest BCUT2D eigenvalue weighted by Gasteiger charge is 2.52. The van der Waals surface area contributed by atoms with Crippen LogP contribution in [0.2, 0.25) is 0 Å². The number of benzene rings is 2. The second kappa shape index (κ2) is 8.16. The van der Waals surface area contributed by atoms with E-state index in [4.69, 9.17) is 9.31 Å². The van der Waals surface area contributed by atoms with Gasteiger partial charge in [-0.1, -0.05) is 70.2 Å². The number of anilines is 1. The third kappa shape index (κ3) is 4.39. The third-order valence-electron chi connectivity index (χ3n) is 6.39. The van der Waals surface area contributed by atoms with E-state index in [2.05, 4.69) is 103 Å². The molecule has 0 atom stereocenters. The Labute approximate surface area is 177 Å². The smallest absolute Gasteiger partial charge is 0.399 e. The molecule has 3 rings (SSSR count). The zero-order valence-corrected chi connectivity index (χ0v) is 19.3. The average Bonchev–Trinajstić information content (AvgIpc) is 2.87. The molecule has 1 heterocycles. The molecule has 0 spiro atoms. The maximum absolute atomic E-state index is 6.32. The Hall–Kier alpha value is -1.78. The maximum Gasteiger partial charge on any atom is 0.495 e. The van der Waals surface area contributed by atoms with E-state index in [0.29, 0.717) is 11.8 Å². The molecule has 1 N–H and O–H groups in total. The molecule has 0 aliphatic carbocycles. The molecule has 2 aromatic rings. The lowest BCUT2D eigenvalue weighted by Gasteiger charge is -2.32. The minimum Gasteiger partial charge on any atom is -0.399 e. The molecule has 4 heteroatoms. The Morgan fingerprint density at radius 2 is 1.31 bits per heavy atom. The van der Waals surface area contributed by atoms with Crippen molar-refractivity contribution >= 4 is 18.3 Å². The first kappa shape index (κ1) is 21.9. The normalized spacial score (nSPS) is 17.9. The summed E-state index contributed by atoms with van der Waals surface area (Å²) >= 11 is 0. The van der Waals surface area contributed by atoms with E-state index in [1.165, 1.54) is 22.4 Å². The largest absolute Gasteiger partial charge is 0.495 e. The molecule has 1 aliphatic heterocycles. The van der Waals surface area contributed by atoms with E-state index in [-0.39, 0.29) is 18.3 Å². The number of nitrogens with one attached hydrogen (secondary N) is 1. The molecule has 156 valence electrons. The first-order chi connectivity index (χ1) is 13.5. The van der Waals surface area contributed by atoms with Gasteiger partial charge in [-0.3, -0.25) is 0 Å². The zero-order chi connectivity index (χ0) is 21.4. The number of rotatable bonds is 6. The van der Waals surface area contributed by atoms with E-state index in [1.807, 2.05) is 0 Å². The van der Waals surface area contributed by atoms with Crippen LogP contribution in [-0.4, -0.2) is 18.3 Å². The summed E-state index contributed by atoms with van der Waals surface area (Å²) in [5, 5.41) is 3.76. The van der Waals surface area contributed by atoms with Gasteiger partial charge in [0.05, 0.1) is 11.2 Å². The molecule has 3 nitrogen and oxygen atoms in total. The topological polar surface area (TPSA) is 30.5 Å². The maximum atomic E-state index is 6.32. The van der Waals surface area contributed by atoms with Gasteiger partial charge in [-0.2, -0.15) is 0 Å². The first-order valence-electron chi connectivity index (χ1n) is 10.8. The summed E-state index contributed by atoms with van der Waals surface area (Å²) in [7, 11) is -0.345. The number of hydrogen-bond acceptors (Lipinski definition) is 3. The van der Waals surface area contributed by atoms with Gasteiger partial charge in [-0.15, -0.1) is 0 Å². The average molecular weight is 393 g/mol. The van der Waals surface area contributed by atoms with Crippen molar-refractivity contribution in [3.05, 3.63) is 59.2 Å². The molecule has 2 aromatic carbocycles. The van der Waals surface area contributed by atoms with Crippen molar-refractivity contribution in [3.8, 4) is 0 Å². The van der Waals surface area contributed by atoms with Crippen LogP contribution in [0.3, 0.4) is 0 Å². The van der Waals surface area contributed by atoms with E-state index >= 15 is 0 Å². The second-order valence-electron chi connectivity index (χ2n) is 9.76. The summed E-state index contributed by atoms with van der Waals surface area (Å²) in [4.78, 5) is 0. The minimum absolute atomic E-state index is 0.340. The van der Waals surface area contributed by atoms with Crippen LogP contribution in [0, 0.1) is 0 Å². The minimum atomic E-state index is -0.345. The van der Waals surface area contributed by atoms with Crippen molar-refractivity contribution in [2.75, 3.05) is 5.32 Å². The van der Waals surface area contributed by atoms with Crippen molar-refractivity contribution in [2.45, 2.75) is 85.0 Å². The molecule has 29 heavy (non-hydrogen) atoms. The van der Waals surface area contributed by atoms with E-state index < -0.39 is 0 Å². The Kier molecular flexibility index (Phi) is 6.17. The fraction of sp³-hybridized carbons (Fsp3) is 0.520. The molecule has 1 saturated heterocycles. The zero-order valence-electron chi connectivity index (χ0n) is 19.3. The lowest BCUT2D eigenvalue weighted by molar-refractivity contribution is 0.00578. The van der Waals surface area contributed by atoms with Gasteiger partial charge in [-0.05, 0) is 61.7 Å². The fourth-order valence-corrected chi connectivity index (χ4v) is 3.83. The van der Waals surface area contributed by atoms with Crippen molar-refractivity contribution in [2.24, 2.45) is 0 Å². The van der Waals surface area contributed by atoms with Crippen molar-refractivity contribution in [1.82, 2.24) is 0 Å². The summed E-state index contributed by atoms with van der Waals surface area (Å²) in [5.41, 5.74) is 5.63. The SMILES string of the molecule is CC(C)c1cccc(C(C)C)c1NCc1ccccc1B1OC(C)(C)C(C)(C)O1. The van der Waals surface area contributed by atoms with Crippen LogP contribution < -0.4 is 10.8 Å². The molecule has 0 bridgehead atoms. The lowest BCUT2D eigenvalue weighted by Crippen LogP contribution is -2.41. The molecule has 0 radical (unpaired) electrons. The van der Waals surface area contributed by atoms with Crippen LogP contribution in [0.4, 0.5) is 5.69 Å². The third-order valence-corrected chi connectivity index (χ3v) is 6.39. The highest BCUT2D eigenvalue weighted by molar-refractivity contribution is 6.62. The van der Waals surface area contributed by atoms with Crippen LogP contribution in [0.15, 0.2) is 42.5 Å². The fourth-order valence-electron chi connectivity index (χ4n) is 3.83. The second-order valence-corrected chi connectivity index (χ2v) is 9.76. The van der Waals surface area contributed by atoms with Crippen LogP contribution >= 0.6 is 0 Å². The first-order valence-corrected chi connectivity index (χ1v) is 10.8. The molecule has 1 aliphatic rings. The van der Waals surface area contributed by atoms with Crippen molar-refractivity contribution < 1.29 is 9.31 Å². The molecule has 0 amide bonds. The Bertz CT molecular complexity index is 815. The van der Waals surface area contributed by atoms with E-state index in [1.54, 1.807) is 0 Å². The van der Waals surface area contributed by atoms with Crippen molar-refractivity contribution in [3.63, 3.8) is 0 Å². The highest BCUT2D eigenvalue weighted by Crippen LogP contribution is 2.37. The Morgan fingerprint density at radius 3 is 1.83 bits per heavy atom. The Morgan fingerprint density at radius 1 is 0.793 bits per heavy atom. The molecule has 0 aromatic heterocycles. The highest BCUT2D eigenvalue weighted by atomic mass is 16.7. The standard InChI is InChI=1S/C25H36BNO2/c1-17(2)20-13-11-14-21(18(3)4)23(20)27-16-19-12-9-10-15-22(19)26-28-24(5,6)25(7,8)29-26/h9-15,17-18,27H,16H2,1-8H3. The molecule has 0 unspecified atom stereocenters. The van der Waals surface area contributed by atoms with Crippen LogP contribution in [0.25, 0.3) is 0 Å². The monoisotopic (exact) mass is 393 g/mol. The lowest BCUT2D eigenvalue weighted by atomic mass is 9.76. The van der Waals surface area contributed by atoms with Crippen LogP contribution in [-0.2, 0) is 15.9 Å². The van der Waals surface area contributed by atoms with Gasteiger partial charge in [0.25, 0.3) is 0 Å².